The Balaban J connectivity index is 1.87. The summed E-state index contributed by atoms with van der Waals surface area (Å²) in [5.41, 5.74) is 0. The number of aromatic nitrogens is 2. The maximum absolute atomic E-state index is 12.5. The van der Waals surface area contributed by atoms with Gasteiger partial charge in [0.05, 0.1) is 18.3 Å². The summed E-state index contributed by atoms with van der Waals surface area (Å²) in [6.45, 7) is 0. The Morgan fingerprint density at radius 1 is 1.20 bits per heavy atom. The van der Waals surface area contributed by atoms with E-state index in [0.29, 0.717) is 10.4 Å². The summed E-state index contributed by atoms with van der Waals surface area (Å²) in [5.74, 6) is -1.66. The monoisotopic (exact) mass is 351 g/mol. The minimum atomic E-state index is -4.15. The largest absolute Gasteiger partial charge is 0.391 e. The second-order valence-corrected chi connectivity index (χ2v) is 5.62. The van der Waals surface area contributed by atoms with E-state index in [0.717, 1.165) is 0 Å². The highest BCUT2D eigenvalue weighted by atomic mass is 79.9. The van der Waals surface area contributed by atoms with Crippen LogP contribution in [0.4, 0.5) is 19.0 Å². The molecule has 0 spiro atoms. The zero-order chi connectivity index (χ0) is 14.8. The van der Waals surface area contributed by atoms with Crippen LogP contribution in [0.15, 0.2) is 17.0 Å². The van der Waals surface area contributed by atoms with E-state index in [1.165, 1.54) is 12.4 Å². The summed E-state index contributed by atoms with van der Waals surface area (Å²) in [6.07, 6.45) is -0.806. The van der Waals surface area contributed by atoms with E-state index in [9.17, 15) is 18.0 Å². The van der Waals surface area contributed by atoms with Crippen molar-refractivity contribution in [3.63, 3.8) is 0 Å². The predicted molar refractivity (Wildman–Crippen MR) is 69.9 cm³/mol. The van der Waals surface area contributed by atoms with Crippen molar-refractivity contribution >= 4 is 27.7 Å². The maximum atomic E-state index is 12.5. The van der Waals surface area contributed by atoms with Crippen LogP contribution in [0.1, 0.15) is 25.7 Å². The van der Waals surface area contributed by atoms with E-state index in [-0.39, 0.29) is 37.5 Å². The first-order valence-corrected chi connectivity index (χ1v) is 7.00. The molecule has 0 atom stereocenters. The van der Waals surface area contributed by atoms with Crippen molar-refractivity contribution in [1.82, 2.24) is 9.97 Å². The number of anilines is 1. The first-order chi connectivity index (χ1) is 9.36. The Kier molecular flexibility index (Phi) is 4.62. The summed E-state index contributed by atoms with van der Waals surface area (Å²) < 4.78 is 38.1. The van der Waals surface area contributed by atoms with Gasteiger partial charge in [0.15, 0.2) is 5.82 Å². The number of hydrogen-bond donors (Lipinski definition) is 1. The number of nitrogens with one attached hydrogen (secondary N) is 1. The number of rotatable bonds is 2. The molecule has 1 aromatic heterocycles. The van der Waals surface area contributed by atoms with E-state index in [4.69, 9.17) is 0 Å². The van der Waals surface area contributed by atoms with Crippen LogP contribution in [0.25, 0.3) is 0 Å². The molecular weight excluding hydrogens is 339 g/mol. The van der Waals surface area contributed by atoms with Gasteiger partial charge in [0.2, 0.25) is 5.91 Å². The zero-order valence-corrected chi connectivity index (χ0v) is 12.0. The standard InChI is InChI=1S/C12H13BrF3N3O/c13-9-5-18-10(6-17-9)19-11(20)7-1-3-8(4-2-7)12(14,15)16/h5-8H,1-4H2,(H,18,19,20). The quantitative estimate of drug-likeness (QED) is 0.886. The summed E-state index contributed by atoms with van der Waals surface area (Å²) in [6, 6.07) is 0. The summed E-state index contributed by atoms with van der Waals surface area (Å²) in [4.78, 5) is 19.8. The third kappa shape index (κ3) is 3.91. The number of alkyl halides is 3. The fraction of sp³-hybridized carbons (Fsp3) is 0.583. The SMILES string of the molecule is O=C(Nc1cnc(Br)cn1)C1CCC(C(F)(F)F)CC1. The Hall–Kier alpha value is -1.18. The molecular formula is C12H13BrF3N3O. The van der Waals surface area contributed by atoms with E-state index < -0.39 is 12.1 Å². The van der Waals surface area contributed by atoms with Gasteiger partial charge in [-0.05, 0) is 41.6 Å². The fourth-order valence-electron chi connectivity index (χ4n) is 2.29. The molecule has 1 aromatic rings. The molecule has 8 heteroatoms. The molecule has 0 bridgehead atoms. The van der Waals surface area contributed by atoms with Gasteiger partial charge in [0.25, 0.3) is 0 Å². The molecule has 0 unspecified atom stereocenters. The van der Waals surface area contributed by atoms with Gasteiger partial charge in [0, 0.05) is 5.92 Å². The van der Waals surface area contributed by atoms with Crippen LogP contribution in [0.2, 0.25) is 0 Å². The van der Waals surface area contributed by atoms with Gasteiger partial charge in [-0.3, -0.25) is 4.79 Å². The van der Waals surface area contributed by atoms with Gasteiger partial charge in [0.1, 0.15) is 4.60 Å². The van der Waals surface area contributed by atoms with E-state index in [2.05, 4.69) is 31.2 Å². The maximum Gasteiger partial charge on any atom is 0.391 e. The molecule has 1 fully saturated rings. The van der Waals surface area contributed by atoms with Crippen molar-refractivity contribution < 1.29 is 18.0 Å². The number of hydrogen-bond acceptors (Lipinski definition) is 3. The average Bonchev–Trinajstić information content (AvgIpc) is 2.40. The van der Waals surface area contributed by atoms with Crippen molar-refractivity contribution in [2.24, 2.45) is 11.8 Å². The third-order valence-electron chi connectivity index (χ3n) is 3.43. The molecule has 1 amide bonds. The Morgan fingerprint density at radius 3 is 2.35 bits per heavy atom. The highest BCUT2D eigenvalue weighted by Gasteiger charge is 2.42. The van der Waals surface area contributed by atoms with Crippen molar-refractivity contribution in [3.8, 4) is 0 Å². The lowest BCUT2D eigenvalue weighted by molar-refractivity contribution is -0.184. The Labute approximate surface area is 122 Å². The van der Waals surface area contributed by atoms with E-state index in [1.807, 2.05) is 0 Å². The predicted octanol–water partition coefficient (Wildman–Crippen LogP) is 3.55. The first-order valence-electron chi connectivity index (χ1n) is 6.21. The van der Waals surface area contributed by atoms with Crippen LogP contribution >= 0.6 is 15.9 Å². The molecule has 1 saturated carbocycles. The van der Waals surface area contributed by atoms with Crippen LogP contribution in [0.3, 0.4) is 0 Å². The molecule has 0 radical (unpaired) electrons. The topological polar surface area (TPSA) is 54.9 Å². The summed E-state index contributed by atoms with van der Waals surface area (Å²) in [7, 11) is 0. The van der Waals surface area contributed by atoms with E-state index >= 15 is 0 Å². The molecule has 110 valence electrons. The van der Waals surface area contributed by atoms with Gasteiger partial charge in [-0.2, -0.15) is 13.2 Å². The molecule has 0 aromatic carbocycles. The van der Waals surface area contributed by atoms with Crippen molar-refractivity contribution in [2.45, 2.75) is 31.9 Å². The summed E-state index contributed by atoms with van der Waals surface area (Å²) >= 11 is 3.12. The van der Waals surface area contributed by atoms with Crippen molar-refractivity contribution in [3.05, 3.63) is 17.0 Å². The second-order valence-electron chi connectivity index (χ2n) is 4.80. The Bertz CT molecular complexity index is 470. The van der Waals surface area contributed by atoms with Crippen molar-refractivity contribution in [1.29, 1.82) is 0 Å². The number of nitrogens with zero attached hydrogens (tertiary/aromatic N) is 2. The molecule has 1 N–H and O–H groups in total. The molecule has 0 aliphatic heterocycles. The van der Waals surface area contributed by atoms with Crippen LogP contribution in [-0.2, 0) is 4.79 Å². The summed E-state index contributed by atoms with van der Waals surface area (Å²) in [5, 5.41) is 2.58. The van der Waals surface area contributed by atoms with Gasteiger partial charge < -0.3 is 5.32 Å². The molecule has 0 saturated heterocycles. The van der Waals surface area contributed by atoms with Crippen LogP contribution in [-0.4, -0.2) is 22.1 Å². The highest BCUT2D eigenvalue weighted by molar-refractivity contribution is 9.10. The molecule has 2 rings (SSSR count). The second kappa shape index (κ2) is 6.07. The number of amides is 1. The van der Waals surface area contributed by atoms with Gasteiger partial charge >= 0.3 is 6.18 Å². The minimum absolute atomic E-state index is 0.00754. The van der Waals surface area contributed by atoms with Crippen LogP contribution in [0, 0.1) is 11.8 Å². The average molecular weight is 352 g/mol. The first kappa shape index (κ1) is 15.2. The fourth-order valence-corrected chi connectivity index (χ4v) is 2.49. The smallest absolute Gasteiger partial charge is 0.309 e. The lowest BCUT2D eigenvalue weighted by Gasteiger charge is -2.28. The molecule has 20 heavy (non-hydrogen) atoms. The molecule has 1 aliphatic carbocycles. The molecule has 1 aliphatic rings. The van der Waals surface area contributed by atoms with Crippen molar-refractivity contribution in [2.75, 3.05) is 5.32 Å². The zero-order valence-electron chi connectivity index (χ0n) is 10.5. The Morgan fingerprint density at radius 2 is 1.85 bits per heavy atom. The number of carbonyl (C=O) groups is 1. The lowest BCUT2D eigenvalue weighted by atomic mass is 9.81. The highest BCUT2D eigenvalue weighted by Crippen LogP contribution is 2.39. The number of halogens is 4. The third-order valence-corrected chi connectivity index (χ3v) is 3.84. The molecule has 4 nitrogen and oxygen atoms in total. The normalized spacial score (nSPS) is 23.4. The van der Waals surface area contributed by atoms with E-state index in [1.54, 1.807) is 0 Å². The van der Waals surface area contributed by atoms with Crippen LogP contribution in [0.5, 0.6) is 0 Å². The molecule has 1 heterocycles. The van der Waals surface area contributed by atoms with Crippen LogP contribution < -0.4 is 5.32 Å². The minimum Gasteiger partial charge on any atom is -0.309 e. The van der Waals surface area contributed by atoms with Gasteiger partial charge in [-0.15, -0.1) is 0 Å². The van der Waals surface area contributed by atoms with Gasteiger partial charge in [-0.1, -0.05) is 0 Å². The van der Waals surface area contributed by atoms with Gasteiger partial charge in [-0.25, -0.2) is 9.97 Å². The number of carbonyl (C=O) groups excluding carboxylic acids is 1. The lowest BCUT2D eigenvalue weighted by Crippen LogP contribution is -2.32.